The molecule has 1 unspecified atom stereocenters. The number of carbonyl (C=O) groups is 1. The number of nitrogens with zero attached hydrogens (tertiary/aromatic N) is 5. The fourth-order valence-electron chi connectivity index (χ4n) is 4.54. The average Bonchev–Trinajstić information content (AvgIpc) is 3.28. The summed E-state index contributed by atoms with van der Waals surface area (Å²) in [5.74, 6) is 1.80. The molecule has 32 heavy (non-hydrogen) atoms. The van der Waals surface area contributed by atoms with E-state index in [0.29, 0.717) is 38.1 Å². The molecule has 0 radical (unpaired) electrons. The van der Waals surface area contributed by atoms with Gasteiger partial charge in [-0.2, -0.15) is 0 Å². The highest BCUT2D eigenvalue weighted by Gasteiger charge is 2.44. The Labute approximate surface area is 188 Å². The maximum atomic E-state index is 13.8. The van der Waals surface area contributed by atoms with E-state index in [0.717, 1.165) is 41.5 Å². The second-order valence-electron chi connectivity index (χ2n) is 8.72. The van der Waals surface area contributed by atoms with E-state index in [1.54, 1.807) is 7.11 Å². The Bertz CT molecular complexity index is 1030. The molecule has 0 N–H and O–H groups in total. The van der Waals surface area contributed by atoms with Crippen LogP contribution in [0, 0.1) is 5.92 Å². The van der Waals surface area contributed by atoms with E-state index >= 15 is 0 Å². The third-order valence-corrected chi connectivity index (χ3v) is 6.43. The van der Waals surface area contributed by atoms with Crippen molar-refractivity contribution >= 4 is 23.2 Å². The van der Waals surface area contributed by atoms with Gasteiger partial charge in [-0.15, -0.1) is 0 Å². The first-order valence-electron chi connectivity index (χ1n) is 11.2. The summed E-state index contributed by atoms with van der Waals surface area (Å²) in [6, 6.07) is 9.93. The zero-order valence-electron chi connectivity index (χ0n) is 18.8. The molecule has 2 aromatic rings. The van der Waals surface area contributed by atoms with Crippen LogP contribution >= 0.6 is 0 Å². The van der Waals surface area contributed by atoms with E-state index in [1.807, 2.05) is 40.3 Å². The van der Waals surface area contributed by atoms with Crippen LogP contribution in [0.2, 0.25) is 0 Å². The number of anilines is 2. The van der Waals surface area contributed by atoms with Crippen molar-refractivity contribution in [2.24, 2.45) is 10.9 Å². The van der Waals surface area contributed by atoms with Gasteiger partial charge >= 0.3 is 6.03 Å². The second kappa shape index (κ2) is 8.43. The second-order valence-corrected chi connectivity index (χ2v) is 8.72. The number of benzene rings is 1. The minimum absolute atomic E-state index is 0.0378. The lowest BCUT2D eigenvalue weighted by atomic mass is 10.0. The molecule has 0 spiro atoms. The summed E-state index contributed by atoms with van der Waals surface area (Å²) >= 11 is 0. The number of morpholine rings is 1. The Kier molecular flexibility index (Phi) is 5.46. The molecule has 1 aromatic carbocycles. The molecule has 4 heterocycles. The number of pyridine rings is 1. The zero-order valence-corrected chi connectivity index (χ0v) is 18.8. The number of carbonyl (C=O) groups excluding carboxylic acids is 1. The molecule has 1 atom stereocenters. The van der Waals surface area contributed by atoms with Gasteiger partial charge in [0.25, 0.3) is 0 Å². The lowest BCUT2D eigenvalue weighted by Gasteiger charge is -2.39. The molecular weight excluding hydrogens is 406 g/mol. The third kappa shape index (κ3) is 3.58. The molecule has 5 rings (SSSR count). The summed E-state index contributed by atoms with van der Waals surface area (Å²) < 4.78 is 10.8. The van der Waals surface area contributed by atoms with Crippen molar-refractivity contribution in [3.63, 3.8) is 0 Å². The molecule has 1 fully saturated rings. The predicted octanol–water partition coefficient (Wildman–Crippen LogP) is 3.15. The number of urea groups is 1. The van der Waals surface area contributed by atoms with Crippen molar-refractivity contribution in [2.45, 2.75) is 26.4 Å². The molecule has 3 aliphatic rings. The third-order valence-electron chi connectivity index (χ3n) is 6.43. The summed E-state index contributed by atoms with van der Waals surface area (Å²) in [6.45, 7) is 8.36. The van der Waals surface area contributed by atoms with E-state index in [4.69, 9.17) is 19.5 Å². The van der Waals surface area contributed by atoms with E-state index < -0.39 is 0 Å². The number of hydrogen-bond donors (Lipinski definition) is 0. The normalized spacial score (nSPS) is 20.4. The van der Waals surface area contributed by atoms with E-state index in [1.165, 1.54) is 0 Å². The summed E-state index contributed by atoms with van der Waals surface area (Å²) in [7, 11) is 1.65. The summed E-state index contributed by atoms with van der Waals surface area (Å²) in [4.78, 5) is 29.3. The Morgan fingerprint density at radius 2 is 1.94 bits per heavy atom. The average molecular weight is 436 g/mol. The van der Waals surface area contributed by atoms with Crippen molar-refractivity contribution in [1.82, 2.24) is 9.88 Å². The van der Waals surface area contributed by atoms with Gasteiger partial charge in [0.1, 0.15) is 11.4 Å². The van der Waals surface area contributed by atoms with E-state index in [2.05, 4.69) is 24.8 Å². The Morgan fingerprint density at radius 3 is 2.62 bits per heavy atom. The van der Waals surface area contributed by atoms with Crippen LogP contribution in [-0.2, 0) is 11.3 Å². The highest BCUT2D eigenvalue weighted by Crippen LogP contribution is 2.36. The molecule has 1 saturated heterocycles. The maximum absolute atomic E-state index is 13.8. The van der Waals surface area contributed by atoms with Gasteiger partial charge in [0.15, 0.2) is 5.84 Å². The lowest BCUT2D eigenvalue weighted by molar-refractivity contribution is 0.122. The fourth-order valence-corrected chi connectivity index (χ4v) is 4.54. The van der Waals surface area contributed by atoms with Crippen LogP contribution in [0.3, 0.4) is 0 Å². The SMILES string of the molecule is COc1ccc(CN2C(=O)N3C(=NCC3C(C)C)c3ncc(N4CCOCC4)cc32)cc1. The number of methoxy groups -OCH3 is 1. The Hall–Kier alpha value is -3.13. The van der Waals surface area contributed by atoms with Crippen molar-refractivity contribution in [3.05, 3.63) is 47.8 Å². The van der Waals surface area contributed by atoms with Crippen molar-refractivity contribution < 1.29 is 14.3 Å². The van der Waals surface area contributed by atoms with Crippen LogP contribution in [0.25, 0.3) is 0 Å². The van der Waals surface area contributed by atoms with Gasteiger partial charge in [0.2, 0.25) is 0 Å². The minimum atomic E-state index is -0.0378. The van der Waals surface area contributed by atoms with Gasteiger partial charge < -0.3 is 14.4 Å². The zero-order chi connectivity index (χ0) is 22.2. The van der Waals surface area contributed by atoms with E-state index in [9.17, 15) is 4.79 Å². The van der Waals surface area contributed by atoms with Crippen LogP contribution in [0.5, 0.6) is 5.75 Å². The van der Waals surface area contributed by atoms with Crippen LogP contribution in [0.1, 0.15) is 25.1 Å². The van der Waals surface area contributed by atoms with Gasteiger partial charge in [-0.05, 0) is 29.7 Å². The van der Waals surface area contributed by atoms with Gasteiger partial charge in [-0.3, -0.25) is 14.8 Å². The first-order chi connectivity index (χ1) is 15.6. The van der Waals surface area contributed by atoms with Crippen molar-refractivity contribution in [1.29, 1.82) is 0 Å². The minimum Gasteiger partial charge on any atom is -0.497 e. The first kappa shape index (κ1) is 20.8. The van der Waals surface area contributed by atoms with Crippen LogP contribution in [0.4, 0.5) is 16.2 Å². The summed E-state index contributed by atoms with van der Waals surface area (Å²) in [6.07, 6.45) is 1.90. The molecule has 0 saturated carbocycles. The number of ether oxygens (including phenoxy) is 2. The molecule has 8 nitrogen and oxygen atoms in total. The molecule has 0 aliphatic carbocycles. The lowest BCUT2D eigenvalue weighted by Crippen LogP contribution is -2.54. The molecule has 1 aromatic heterocycles. The number of fused-ring (bicyclic) bond motifs is 3. The molecule has 3 aliphatic heterocycles. The van der Waals surface area contributed by atoms with Crippen LogP contribution in [-0.4, -0.2) is 67.8 Å². The summed E-state index contributed by atoms with van der Waals surface area (Å²) in [5.41, 5.74) is 3.63. The van der Waals surface area contributed by atoms with Gasteiger partial charge in [-0.1, -0.05) is 26.0 Å². The predicted molar refractivity (Wildman–Crippen MR) is 124 cm³/mol. The molecule has 0 bridgehead atoms. The molecular formula is C24H29N5O3. The number of amides is 2. The quantitative estimate of drug-likeness (QED) is 0.722. The van der Waals surface area contributed by atoms with Crippen molar-refractivity contribution in [3.8, 4) is 5.75 Å². The maximum Gasteiger partial charge on any atom is 0.330 e. The highest BCUT2D eigenvalue weighted by atomic mass is 16.5. The smallest absolute Gasteiger partial charge is 0.330 e. The molecule has 8 heteroatoms. The first-order valence-corrected chi connectivity index (χ1v) is 11.2. The van der Waals surface area contributed by atoms with E-state index in [-0.39, 0.29) is 12.1 Å². The monoisotopic (exact) mass is 435 g/mol. The Balaban J connectivity index is 1.55. The largest absolute Gasteiger partial charge is 0.497 e. The highest BCUT2D eigenvalue weighted by molar-refractivity contribution is 6.19. The number of aromatic nitrogens is 1. The standard InChI is InChI=1S/C24H29N5O3/c1-16(2)21-14-26-23-22-20(12-18(13-25-22)27-8-10-32-11-9-27)28(24(30)29(21)23)15-17-4-6-19(31-3)7-5-17/h4-7,12-13,16,21H,8-11,14-15H2,1-3H3. The fraction of sp³-hybridized carbons (Fsp3) is 0.458. The number of hydrogen-bond acceptors (Lipinski definition) is 6. The van der Waals surface area contributed by atoms with Gasteiger partial charge in [0, 0.05) is 13.1 Å². The van der Waals surface area contributed by atoms with Gasteiger partial charge in [-0.25, -0.2) is 9.78 Å². The Morgan fingerprint density at radius 1 is 1.19 bits per heavy atom. The molecule has 2 amide bonds. The topological polar surface area (TPSA) is 70.5 Å². The van der Waals surface area contributed by atoms with Crippen LogP contribution in [0.15, 0.2) is 41.5 Å². The molecule has 168 valence electrons. The summed E-state index contributed by atoms with van der Waals surface area (Å²) in [5, 5.41) is 0. The van der Waals surface area contributed by atoms with Crippen LogP contribution < -0.4 is 14.5 Å². The van der Waals surface area contributed by atoms with Gasteiger partial charge in [0.05, 0.1) is 57.0 Å². The van der Waals surface area contributed by atoms with Crippen molar-refractivity contribution in [2.75, 3.05) is 49.8 Å². The number of amidine groups is 1. The number of rotatable bonds is 5. The number of aliphatic imine (C=N–C) groups is 1.